The van der Waals surface area contributed by atoms with Crippen LogP contribution in [0, 0.1) is 5.92 Å². The fourth-order valence-electron chi connectivity index (χ4n) is 2.50. The van der Waals surface area contributed by atoms with E-state index in [-0.39, 0.29) is 0 Å². The lowest BCUT2D eigenvalue weighted by molar-refractivity contribution is 0.198. The zero-order chi connectivity index (χ0) is 13.5. The minimum Gasteiger partial charge on any atom is -0.383 e. The van der Waals surface area contributed by atoms with Gasteiger partial charge in [0.25, 0.3) is 0 Å². The molecule has 1 aromatic rings. The molecule has 0 bridgehead atoms. The van der Waals surface area contributed by atoms with Crippen molar-refractivity contribution in [3.05, 3.63) is 35.9 Å². The van der Waals surface area contributed by atoms with Gasteiger partial charge in [-0.25, -0.2) is 0 Å². The van der Waals surface area contributed by atoms with Crippen molar-refractivity contribution in [2.24, 2.45) is 5.92 Å². The second-order valence-corrected chi connectivity index (χ2v) is 5.52. The van der Waals surface area contributed by atoms with Gasteiger partial charge in [0.1, 0.15) is 0 Å². The molecule has 19 heavy (non-hydrogen) atoms. The maximum absolute atomic E-state index is 5.01. The van der Waals surface area contributed by atoms with Crippen LogP contribution >= 0.6 is 0 Å². The van der Waals surface area contributed by atoms with Crippen molar-refractivity contribution < 1.29 is 4.74 Å². The Balaban J connectivity index is 1.57. The average Bonchev–Trinajstić information content (AvgIpc) is 3.22. The van der Waals surface area contributed by atoms with Gasteiger partial charge in [-0.05, 0) is 37.3 Å². The molecule has 0 spiro atoms. The van der Waals surface area contributed by atoms with E-state index in [1.807, 2.05) is 0 Å². The summed E-state index contributed by atoms with van der Waals surface area (Å²) in [4.78, 5) is 0. The van der Waals surface area contributed by atoms with E-state index in [9.17, 15) is 0 Å². The zero-order valence-corrected chi connectivity index (χ0v) is 12.1. The number of rotatable bonds is 9. The van der Waals surface area contributed by atoms with E-state index < -0.39 is 0 Å². The van der Waals surface area contributed by atoms with E-state index in [4.69, 9.17) is 4.74 Å². The van der Waals surface area contributed by atoms with Crippen LogP contribution in [-0.2, 0) is 4.74 Å². The number of hydrogen-bond donors (Lipinski definition) is 2. The largest absolute Gasteiger partial charge is 0.383 e. The molecular weight excluding hydrogens is 236 g/mol. The predicted octanol–water partition coefficient (Wildman–Crippen LogP) is 2.00. The topological polar surface area (TPSA) is 33.3 Å². The van der Waals surface area contributed by atoms with Crippen molar-refractivity contribution in [3.63, 3.8) is 0 Å². The molecule has 0 heterocycles. The lowest BCUT2D eigenvalue weighted by Gasteiger charge is -2.14. The predicted molar refractivity (Wildman–Crippen MR) is 79.5 cm³/mol. The van der Waals surface area contributed by atoms with Crippen LogP contribution in [0.2, 0.25) is 0 Å². The molecule has 1 aliphatic carbocycles. The van der Waals surface area contributed by atoms with Crippen LogP contribution in [0.25, 0.3) is 0 Å². The highest BCUT2D eigenvalue weighted by atomic mass is 16.5. The summed E-state index contributed by atoms with van der Waals surface area (Å²) in [6, 6.07) is 11.4. The minimum absolute atomic E-state index is 0.522. The first-order valence-corrected chi connectivity index (χ1v) is 7.29. The number of nitrogens with one attached hydrogen (secondary N) is 2. The van der Waals surface area contributed by atoms with Gasteiger partial charge >= 0.3 is 0 Å². The fraction of sp³-hybridized carbons (Fsp3) is 0.625. The fourth-order valence-corrected chi connectivity index (χ4v) is 2.50. The second kappa shape index (κ2) is 7.63. The molecule has 106 valence electrons. The van der Waals surface area contributed by atoms with Crippen LogP contribution in [0.15, 0.2) is 30.3 Å². The molecule has 3 heteroatoms. The molecule has 3 nitrogen and oxygen atoms in total. The normalized spacial score (nSPS) is 23.3. The molecule has 0 aromatic heterocycles. The van der Waals surface area contributed by atoms with Gasteiger partial charge in [-0.1, -0.05) is 30.3 Å². The molecule has 3 atom stereocenters. The van der Waals surface area contributed by atoms with Crippen LogP contribution in [0.3, 0.4) is 0 Å². The third-order valence-corrected chi connectivity index (χ3v) is 3.81. The summed E-state index contributed by atoms with van der Waals surface area (Å²) >= 11 is 0. The Morgan fingerprint density at radius 3 is 2.84 bits per heavy atom. The minimum atomic E-state index is 0.522. The molecule has 3 unspecified atom stereocenters. The van der Waals surface area contributed by atoms with Crippen molar-refractivity contribution in [2.75, 3.05) is 33.4 Å². The Morgan fingerprint density at radius 2 is 2.11 bits per heavy atom. The monoisotopic (exact) mass is 262 g/mol. The summed E-state index contributed by atoms with van der Waals surface area (Å²) in [5, 5.41) is 7.00. The maximum Gasteiger partial charge on any atom is 0.0587 e. The van der Waals surface area contributed by atoms with Crippen LogP contribution in [0.1, 0.15) is 24.8 Å². The Labute approximate surface area is 116 Å². The third kappa shape index (κ3) is 4.94. The van der Waals surface area contributed by atoms with Gasteiger partial charge in [0.05, 0.1) is 6.61 Å². The standard InChI is InChI=1S/C16H26N2O/c1-13(11-17-8-9-19-2)18-12-15-10-16(15)14-6-4-3-5-7-14/h3-7,13,15-18H,8-12H2,1-2H3. The maximum atomic E-state index is 5.01. The number of benzene rings is 1. The third-order valence-electron chi connectivity index (χ3n) is 3.81. The summed E-state index contributed by atoms with van der Waals surface area (Å²) in [5.74, 6) is 1.60. The number of hydrogen-bond acceptors (Lipinski definition) is 3. The van der Waals surface area contributed by atoms with E-state index in [0.29, 0.717) is 6.04 Å². The van der Waals surface area contributed by atoms with Crippen LogP contribution in [0.4, 0.5) is 0 Å². The first-order valence-electron chi connectivity index (χ1n) is 7.29. The molecular formula is C16H26N2O. The molecule has 0 amide bonds. The SMILES string of the molecule is COCCNCC(C)NCC1CC1c1ccccc1. The summed E-state index contributed by atoms with van der Waals surface area (Å²) in [6.07, 6.45) is 1.33. The van der Waals surface area contributed by atoms with Gasteiger partial charge in [0, 0.05) is 26.2 Å². The van der Waals surface area contributed by atoms with Gasteiger partial charge < -0.3 is 15.4 Å². The number of methoxy groups -OCH3 is 1. The highest BCUT2D eigenvalue weighted by Crippen LogP contribution is 2.46. The molecule has 0 aliphatic heterocycles. The summed E-state index contributed by atoms with van der Waals surface area (Å²) in [7, 11) is 1.74. The molecule has 1 aliphatic rings. The van der Waals surface area contributed by atoms with Gasteiger partial charge in [0.2, 0.25) is 0 Å². The molecule has 2 rings (SSSR count). The molecule has 2 N–H and O–H groups in total. The highest BCUT2D eigenvalue weighted by molar-refractivity contribution is 5.25. The Bertz CT molecular complexity index is 355. The van der Waals surface area contributed by atoms with Gasteiger partial charge in [0.15, 0.2) is 0 Å². The average molecular weight is 262 g/mol. The van der Waals surface area contributed by atoms with Crippen molar-refractivity contribution in [1.82, 2.24) is 10.6 Å². The van der Waals surface area contributed by atoms with Crippen LogP contribution in [-0.4, -0.2) is 39.4 Å². The lowest BCUT2D eigenvalue weighted by atomic mass is 10.1. The molecule has 1 aromatic carbocycles. The molecule has 0 saturated heterocycles. The molecule has 1 saturated carbocycles. The zero-order valence-electron chi connectivity index (χ0n) is 12.1. The van der Waals surface area contributed by atoms with Crippen LogP contribution < -0.4 is 10.6 Å². The lowest BCUT2D eigenvalue weighted by Crippen LogP contribution is -2.38. The van der Waals surface area contributed by atoms with Crippen LogP contribution in [0.5, 0.6) is 0 Å². The highest BCUT2D eigenvalue weighted by Gasteiger charge is 2.37. The van der Waals surface area contributed by atoms with Gasteiger partial charge in [-0.15, -0.1) is 0 Å². The van der Waals surface area contributed by atoms with Gasteiger partial charge in [-0.3, -0.25) is 0 Å². The van der Waals surface area contributed by atoms with Crippen molar-refractivity contribution in [3.8, 4) is 0 Å². The van der Waals surface area contributed by atoms with Crippen molar-refractivity contribution in [1.29, 1.82) is 0 Å². The smallest absolute Gasteiger partial charge is 0.0587 e. The van der Waals surface area contributed by atoms with E-state index in [0.717, 1.165) is 38.1 Å². The van der Waals surface area contributed by atoms with Gasteiger partial charge in [-0.2, -0.15) is 0 Å². The Hall–Kier alpha value is -0.900. The van der Waals surface area contributed by atoms with E-state index in [1.165, 1.54) is 12.0 Å². The summed E-state index contributed by atoms with van der Waals surface area (Å²) in [5.41, 5.74) is 1.50. The summed E-state index contributed by atoms with van der Waals surface area (Å²) < 4.78 is 5.01. The van der Waals surface area contributed by atoms with E-state index in [2.05, 4.69) is 47.9 Å². The molecule has 0 radical (unpaired) electrons. The van der Waals surface area contributed by atoms with Crippen molar-refractivity contribution >= 4 is 0 Å². The van der Waals surface area contributed by atoms with E-state index in [1.54, 1.807) is 7.11 Å². The first kappa shape index (κ1) is 14.5. The summed E-state index contributed by atoms with van der Waals surface area (Å²) in [6.45, 7) is 6.09. The Morgan fingerprint density at radius 1 is 1.32 bits per heavy atom. The van der Waals surface area contributed by atoms with E-state index >= 15 is 0 Å². The second-order valence-electron chi connectivity index (χ2n) is 5.52. The quantitative estimate of drug-likeness (QED) is 0.668. The number of ether oxygens (including phenoxy) is 1. The Kier molecular flexibility index (Phi) is 5.83. The molecule has 1 fully saturated rings. The first-order chi connectivity index (χ1) is 9.31. The van der Waals surface area contributed by atoms with Crippen molar-refractivity contribution in [2.45, 2.75) is 25.3 Å².